The molecule has 1 unspecified atom stereocenters. The third-order valence-corrected chi connectivity index (χ3v) is 3.47. The van der Waals surface area contributed by atoms with Crippen LogP contribution in [0.2, 0.25) is 0 Å². The number of esters is 1. The van der Waals surface area contributed by atoms with E-state index in [1.165, 1.54) is 20.0 Å². The van der Waals surface area contributed by atoms with E-state index in [-0.39, 0.29) is 18.3 Å². The molecule has 0 aromatic heterocycles. The zero-order valence-electron chi connectivity index (χ0n) is 12.4. The molecule has 0 aliphatic carbocycles. The highest BCUT2D eigenvalue weighted by Gasteiger charge is 2.27. The predicted molar refractivity (Wildman–Crippen MR) is 72.9 cm³/mol. The summed E-state index contributed by atoms with van der Waals surface area (Å²) in [6.07, 6.45) is 3.64. The summed E-state index contributed by atoms with van der Waals surface area (Å²) in [6.45, 7) is 6.93. The lowest BCUT2D eigenvalue weighted by atomic mass is 9.99. The fourth-order valence-electron chi connectivity index (χ4n) is 2.52. The standard InChI is InChI=1S/C14H27NO4/c1-4-18-14(19-5-2)11-15-9-7-6-8-12(15)10-13(16)17-3/h12,14H,4-11H2,1-3H3. The first-order chi connectivity index (χ1) is 9.21. The van der Waals surface area contributed by atoms with Crippen LogP contribution < -0.4 is 0 Å². The van der Waals surface area contributed by atoms with Crippen LogP contribution in [0, 0.1) is 0 Å². The number of nitrogens with zero attached hydrogens (tertiary/aromatic N) is 1. The fourth-order valence-corrected chi connectivity index (χ4v) is 2.52. The van der Waals surface area contributed by atoms with E-state index in [1.807, 2.05) is 13.8 Å². The Morgan fingerprint density at radius 2 is 1.95 bits per heavy atom. The van der Waals surface area contributed by atoms with E-state index in [1.54, 1.807) is 0 Å². The number of piperidine rings is 1. The highest BCUT2D eigenvalue weighted by Crippen LogP contribution is 2.21. The molecule has 19 heavy (non-hydrogen) atoms. The van der Waals surface area contributed by atoms with Gasteiger partial charge in [-0.3, -0.25) is 9.69 Å². The average Bonchev–Trinajstić information content (AvgIpc) is 2.41. The number of carbonyl (C=O) groups excluding carboxylic acids is 1. The van der Waals surface area contributed by atoms with Gasteiger partial charge in [0.05, 0.1) is 13.5 Å². The molecule has 1 atom stereocenters. The Morgan fingerprint density at radius 1 is 1.26 bits per heavy atom. The molecular weight excluding hydrogens is 246 g/mol. The molecule has 0 spiro atoms. The molecule has 112 valence electrons. The number of hydrogen-bond donors (Lipinski definition) is 0. The molecule has 0 N–H and O–H groups in total. The first kappa shape index (κ1) is 16.4. The van der Waals surface area contributed by atoms with Crippen molar-refractivity contribution in [3.8, 4) is 0 Å². The Labute approximate surface area is 116 Å². The first-order valence-corrected chi connectivity index (χ1v) is 7.25. The maximum Gasteiger partial charge on any atom is 0.307 e. The van der Waals surface area contributed by atoms with E-state index in [9.17, 15) is 4.79 Å². The van der Waals surface area contributed by atoms with Gasteiger partial charge in [0, 0.05) is 25.8 Å². The topological polar surface area (TPSA) is 48.0 Å². The van der Waals surface area contributed by atoms with Crippen LogP contribution in [0.1, 0.15) is 39.5 Å². The number of carbonyl (C=O) groups is 1. The second-order valence-corrected chi connectivity index (χ2v) is 4.77. The summed E-state index contributed by atoms with van der Waals surface area (Å²) in [6, 6.07) is 0.254. The van der Waals surface area contributed by atoms with Crippen LogP contribution in [0.4, 0.5) is 0 Å². The summed E-state index contributed by atoms with van der Waals surface area (Å²) < 4.78 is 15.9. The van der Waals surface area contributed by atoms with Crippen LogP contribution in [0.3, 0.4) is 0 Å². The van der Waals surface area contributed by atoms with E-state index in [0.717, 1.165) is 19.5 Å². The van der Waals surface area contributed by atoms with Gasteiger partial charge in [0.2, 0.25) is 0 Å². The highest BCUT2D eigenvalue weighted by atomic mass is 16.7. The van der Waals surface area contributed by atoms with Gasteiger partial charge in [0.1, 0.15) is 0 Å². The molecule has 0 amide bonds. The van der Waals surface area contributed by atoms with Crippen molar-refractivity contribution in [1.29, 1.82) is 0 Å². The number of likely N-dealkylation sites (tertiary alicyclic amines) is 1. The van der Waals surface area contributed by atoms with Gasteiger partial charge < -0.3 is 14.2 Å². The van der Waals surface area contributed by atoms with Gasteiger partial charge in [-0.05, 0) is 33.2 Å². The maximum absolute atomic E-state index is 11.5. The minimum atomic E-state index is -0.201. The number of ether oxygens (including phenoxy) is 3. The maximum atomic E-state index is 11.5. The van der Waals surface area contributed by atoms with Crippen molar-refractivity contribution in [2.75, 3.05) is 33.4 Å². The van der Waals surface area contributed by atoms with Crippen molar-refractivity contribution in [2.45, 2.75) is 51.9 Å². The van der Waals surface area contributed by atoms with Gasteiger partial charge in [0.15, 0.2) is 6.29 Å². The molecule has 5 nitrogen and oxygen atoms in total. The molecule has 1 aliphatic heterocycles. The molecular formula is C14H27NO4. The highest BCUT2D eigenvalue weighted by molar-refractivity contribution is 5.69. The van der Waals surface area contributed by atoms with Crippen molar-refractivity contribution >= 4 is 5.97 Å². The third kappa shape index (κ3) is 5.89. The predicted octanol–water partition coefficient (Wildman–Crippen LogP) is 1.80. The summed E-state index contributed by atoms with van der Waals surface area (Å²) in [5, 5.41) is 0. The van der Waals surface area contributed by atoms with Crippen molar-refractivity contribution in [2.24, 2.45) is 0 Å². The summed E-state index contributed by atoms with van der Waals surface area (Å²) in [7, 11) is 1.44. The van der Waals surface area contributed by atoms with Crippen molar-refractivity contribution in [3.05, 3.63) is 0 Å². The van der Waals surface area contributed by atoms with E-state index in [4.69, 9.17) is 14.2 Å². The second kappa shape index (κ2) is 9.28. The summed E-state index contributed by atoms with van der Waals surface area (Å²) in [5.41, 5.74) is 0. The first-order valence-electron chi connectivity index (χ1n) is 7.25. The normalized spacial score (nSPS) is 20.7. The van der Waals surface area contributed by atoms with Crippen LogP contribution in [-0.4, -0.2) is 56.6 Å². The molecule has 1 saturated heterocycles. The van der Waals surface area contributed by atoms with Crippen molar-refractivity contribution in [1.82, 2.24) is 4.90 Å². The largest absolute Gasteiger partial charge is 0.469 e. The molecule has 0 aromatic carbocycles. The Bertz CT molecular complexity index is 254. The molecule has 1 fully saturated rings. The Morgan fingerprint density at radius 3 is 2.53 bits per heavy atom. The molecule has 5 heteroatoms. The van der Waals surface area contributed by atoms with Crippen molar-refractivity contribution < 1.29 is 19.0 Å². The lowest BCUT2D eigenvalue weighted by Crippen LogP contribution is -2.46. The zero-order chi connectivity index (χ0) is 14.1. The lowest BCUT2D eigenvalue weighted by molar-refractivity contribution is -0.156. The molecule has 0 radical (unpaired) electrons. The average molecular weight is 273 g/mol. The fraction of sp³-hybridized carbons (Fsp3) is 0.929. The van der Waals surface area contributed by atoms with Crippen molar-refractivity contribution in [3.63, 3.8) is 0 Å². The number of rotatable bonds is 8. The van der Waals surface area contributed by atoms with E-state index < -0.39 is 0 Å². The molecule has 1 rings (SSSR count). The Balaban J connectivity index is 2.52. The SMILES string of the molecule is CCOC(CN1CCCCC1CC(=O)OC)OCC. The van der Waals surface area contributed by atoms with Gasteiger partial charge in [-0.1, -0.05) is 6.42 Å². The van der Waals surface area contributed by atoms with Crippen LogP contribution >= 0.6 is 0 Å². The summed E-state index contributed by atoms with van der Waals surface area (Å²) >= 11 is 0. The van der Waals surface area contributed by atoms with Gasteiger partial charge in [-0.25, -0.2) is 0 Å². The lowest BCUT2D eigenvalue weighted by Gasteiger charge is -2.37. The van der Waals surface area contributed by atoms with E-state index in [0.29, 0.717) is 19.6 Å². The summed E-state index contributed by atoms with van der Waals surface area (Å²) in [4.78, 5) is 13.8. The third-order valence-electron chi connectivity index (χ3n) is 3.47. The van der Waals surface area contributed by atoms with Gasteiger partial charge >= 0.3 is 5.97 Å². The smallest absolute Gasteiger partial charge is 0.307 e. The van der Waals surface area contributed by atoms with Crippen LogP contribution in [0.25, 0.3) is 0 Å². The van der Waals surface area contributed by atoms with E-state index >= 15 is 0 Å². The second-order valence-electron chi connectivity index (χ2n) is 4.77. The number of hydrogen-bond acceptors (Lipinski definition) is 5. The molecule has 0 bridgehead atoms. The monoisotopic (exact) mass is 273 g/mol. The van der Waals surface area contributed by atoms with Gasteiger partial charge in [-0.15, -0.1) is 0 Å². The van der Waals surface area contributed by atoms with E-state index in [2.05, 4.69) is 4.90 Å². The molecule has 1 heterocycles. The Kier molecular flexibility index (Phi) is 8.02. The van der Waals surface area contributed by atoms with Gasteiger partial charge in [-0.2, -0.15) is 0 Å². The minimum Gasteiger partial charge on any atom is -0.469 e. The van der Waals surface area contributed by atoms with Crippen LogP contribution in [0.15, 0.2) is 0 Å². The van der Waals surface area contributed by atoms with Crippen LogP contribution in [-0.2, 0) is 19.0 Å². The molecule has 0 saturated carbocycles. The molecule has 0 aromatic rings. The molecule has 1 aliphatic rings. The minimum absolute atomic E-state index is 0.138. The van der Waals surface area contributed by atoms with Crippen LogP contribution in [0.5, 0.6) is 0 Å². The quantitative estimate of drug-likeness (QED) is 0.498. The summed E-state index contributed by atoms with van der Waals surface area (Å²) in [5.74, 6) is -0.138. The van der Waals surface area contributed by atoms with Gasteiger partial charge in [0.25, 0.3) is 0 Å². The number of methoxy groups -OCH3 is 1. The Hall–Kier alpha value is -0.650. The zero-order valence-corrected chi connectivity index (χ0v) is 12.4.